The zero-order valence-electron chi connectivity index (χ0n) is 9.71. The summed E-state index contributed by atoms with van der Waals surface area (Å²) < 4.78 is 5.71. The smallest absolute Gasteiger partial charge is 0.124 e. The number of nitrogens with two attached hydrogens (primary N) is 1. The number of rotatable bonds is 4. The van der Waals surface area contributed by atoms with Crippen LogP contribution in [0.5, 0.6) is 5.75 Å². The molecule has 0 aromatic heterocycles. The fraction of sp³-hybridized carbons (Fsp3) is 0.462. The Balaban J connectivity index is 1.97. The minimum Gasteiger partial charge on any atom is -0.493 e. The zero-order valence-corrected chi connectivity index (χ0v) is 10.5. The summed E-state index contributed by atoms with van der Waals surface area (Å²) in [6.45, 7) is 0.760. The first-order valence-electron chi connectivity index (χ1n) is 5.93. The van der Waals surface area contributed by atoms with Crippen molar-refractivity contribution in [3.63, 3.8) is 0 Å². The lowest BCUT2D eigenvalue weighted by molar-refractivity contribution is 0.252. The molecule has 0 heterocycles. The monoisotopic (exact) mass is 252 g/mol. The molecule has 1 aromatic carbocycles. The molecule has 1 aliphatic carbocycles. The van der Waals surface area contributed by atoms with Crippen LogP contribution in [0.2, 0.25) is 5.02 Å². The molecule has 0 radical (unpaired) electrons. The van der Waals surface area contributed by atoms with Gasteiger partial charge in [-0.1, -0.05) is 24.4 Å². The number of nitrogens with one attached hydrogen (secondary N) is 1. The van der Waals surface area contributed by atoms with Crippen LogP contribution < -0.4 is 10.5 Å². The van der Waals surface area contributed by atoms with E-state index < -0.39 is 0 Å². The molecular formula is C13H17ClN2O. The van der Waals surface area contributed by atoms with Gasteiger partial charge < -0.3 is 10.5 Å². The van der Waals surface area contributed by atoms with Crippen LogP contribution in [0.15, 0.2) is 18.2 Å². The lowest BCUT2D eigenvalue weighted by atomic mass is 10.1. The van der Waals surface area contributed by atoms with Crippen LogP contribution >= 0.6 is 11.6 Å². The van der Waals surface area contributed by atoms with Crippen molar-refractivity contribution in [3.8, 4) is 5.75 Å². The number of halogens is 1. The number of ether oxygens (including phenoxy) is 1. The van der Waals surface area contributed by atoms with Crippen molar-refractivity contribution >= 4 is 17.4 Å². The zero-order chi connectivity index (χ0) is 12.3. The summed E-state index contributed by atoms with van der Waals surface area (Å²) in [4.78, 5) is 0. The maximum atomic E-state index is 7.34. The Kier molecular flexibility index (Phi) is 3.89. The Morgan fingerprint density at radius 1 is 1.41 bits per heavy atom. The van der Waals surface area contributed by atoms with Crippen LogP contribution in [0.3, 0.4) is 0 Å². The molecule has 0 aliphatic heterocycles. The van der Waals surface area contributed by atoms with Crippen molar-refractivity contribution in [3.05, 3.63) is 28.8 Å². The molecule has 1 fully saturated rings. The topological polar surface area (TPSA) is 59.1 Å². The predicted molar refractivity (Wildman–Crippen MR) is 69.9 cm³/mol. The average molecular weight is 253 g/mol. The van der Waals surface area contributed by atoms with E-state index in [1.165, 1.54) is 25.7 Å². The van der Waals surface area contributed by atoms with Crippen molar-refractivity contribution in [2.75, 3.05) is 6.61 Å². The molecule has 0 unspecified atom stereocenters. The van der Waals surface area contributed by atoms with E-state index in [0.29, 0.717) is 16.5 Å². The first kappa shape index (κ1) is 12.2. The molecule has 1 saturated carbocycles. The third-order valence-electron chi connectivity index (χ3n) is 3.19. The molecule has 1 aliphatic rings. The SMILES string of the molecule is N=C(N)c1ccc(OCC2CCCC2)cc1Cl. The summed E-state index contributed by atoms with van der Waals surface area (Å²) in [6, 6.07) is 5.28. The first-order chi connectivity index (χ1) is 8.16. The second-order valence-corrected chi connectivity index (χ2v) is 4.92. The summed E-state index contributed by atoms with van der Waals surface area (Å²) in [5, 5.41) is 7.81. The third-order valence-corrected chi connectivity index (χ3v) is 3.50. The Labute approximate surface area is 106 Å². The molecule has 3 N–H and O–H groups in total. The van der Waals surface area contributed by atoms with Crippen LogP contribution in [0.4, 0.5) is 0 Å². The molecule has 0 bridgehead atoms. The molecule has 3 nitrogen and oxygen atoms in total. The summed E-state index contributed by atoms with van der Waals surface area (Å²) in [7, 11) is 0. The second-order valence-electron chi connectivity index (χ2n) is 4.52. The van der Waals surface area contributed by atoms with E-state index in [4.69, 9.17) is 27.5 Å². The van der Waals surface area contributed by atoms with Gasteiger partial charge in [-0.2, -0.15) is 0 Å². The molecule has 17 heavy (non-hydrogen) atoms. The normalized spacial score (nSPS) is 16.1. The van der Waals surface area contributed by atoms with Crippen LogP contribution in [-0.4, -0.2) is 12.4 Å². The Morgan fingerprint density at radius 3 is 2.71 bits per heavy atom. The maximum Gasteiger partial charge on any atom is 0.124 e. The van der Waals surface area contributed by atoms with E-state index in [9.17, 15) is 0 Å². The number of hydrogen-bond acceptors (Lipinski definition) is 2. The molecule has 0 spiro atoms. The highest BCUT2D eigenvalue weighted by Gasteiger charge is 2.15. The van der Waals surface area contributed by atoms with E-state index in [0.717, 1.165) is 12.4 Å². The standard InChI is InChI=1S/C13H17ClN2O/c14-12-7-10(5-6-11(12)13(15)16)17-8-9-3-1-2-4-9/h5-7,9H,1-4,8H2,(H3,15,16). The van der Waals surface area contributed by atoms with E-state index in [1.54, 1.807) is 12.1 Å². The number of benzene rings is 1. The van der Waals surface area contributed by atoms with Gasteiger partial charge in [-0.25, -0.2) is 0 Å². The Bertz CT molecular complexity index is 414. The molecular weight excluding hydrogens is 236 g/mol. The highest BCUT2D eigenvalue weighted by Crippen LogP contribution is 2.27. The van der Waals surface area contributed by atoms with Gasteiger partial charge in [0.05, 0.1) is 11.6 Å². The van der Waals surface area contributed by atoms with Crippen LogP contribution in [0, 0.1) is 11.3 Å². The van der Waals surface area contributed by atoms with Gasteiger partial charge in [0.1, 0.15) is 11.6 Å². The first-order valence-corrected chi connectivity index (χ1v) is 6.31. The van der Waals surface area contributed by atoms with Gasteiger partial charge in [-0.3, -0.25) is 5.41 Å². The maximum absolute atomic E-state index is 7.34. The minimum absolute atomic E-state index is 0.0163. The number of nitrogen functional groups attached to an aromatic ring is 1. The fourth-order valence-electron chi connectivity index (χ4n) is 2.20. The highest BCUT2D eigenvalue weighted by molar-refractivity contribution is 6.34. The molecule has 0 saturated heterocycles. The Hall–Kier alpha value is -1.22. The van der Waals surface area contributed by atoms with Crippen molar-refractivity contribution in [1.82, 2.24) is 0 Å². The van der Waals surface area contributed by atoms with Gasteiger partial charge in [0, 0.05) is 5.56 Å². The number of hydrogen-bond donors (Lipinski definition) is 2. The van der Waals surface area contributed by atoms with Gasteiger partial charge in [0.2, 0.25) is 0 Å². The summed E-state index contributed by atoms with van der Waals surface area (Å²) in [5.74, 6) is 1.42. The average Bonchev–Trinajstić information content (AvgIpc) is 2.78. The lowest BCUT2D eigenvalue weighted by Gasteiger charge is -2.12. The van der Waals surface area contributed by atoms with Gasteiger partial charge in [-0.05, 0) is 37.0 Å². The van der Waals surface area contributed by atoms with Crippen molar-refractivity contribution in [1.29, 1.82) is 5.41 Å². The van der Waals surface area contributed by atoms with Crippen molar-refractivity contribution < 1.29 is 4.74 Å². The molecule has 1 aromatic rings. The van der Waals surface area contributed by atoms with Crippen molar-refractivity contribution in [2.45, 2.75) is 25.7 Å². The predicted octanol–water partition coefficient (Wildman–Crippen LogP) is 3.19. The second kappa shape index (κ2) is 5.41. The van der Waals surface area contributed by atoms with Crippen molar-refractivity contribution in [2.24, 2.45) is 11.7 Å². The van der Waals surface area contributed by atoms with E-state index in [2.05, 4.69) is 0 Å². The largest absolute Gasteiger partial charge is 0.493 e. The molecule has 4 heteroatoms. The third kappa shape index (κ3) is 3.13. The molecule has 0 amide bonds. The van der Waals surface area contributed by atoms with E-state index in [-0.39, 0.29) is 5.84 Å². The summed E-state index contributed by atoms with van der Waals surface area (Å²) in [5.41, 5.74) is 5.95. The molecule has 92 valence electrons. The molecule has 0 atom stereocenters. The number of amidine groups is 1. The van der Waals surface area contributed by atoms with Crippen LogP contribution in [0.25, 0.3) is 0 Å². The van der Waals surface area contributed by atoms with Gasteiger partial charge in [-0.15, -0.1) is 0 Å². The van der Waals surface area contributed by atoms with Gasteiger partial charge >= 0.3 is 0 Å². The van der Waals surface area contributed by atoms with Crippen LogP contribution in [-0.2, 0) is 0 Å². The Morgan fingerprint density at radius 2 is 2.12 bits per heavy atom. The van der Waals surface area contributed by atoms with E-state index in [1.807, 2.05) is 6.07 Å². The van der Waals surface area contributed by atoms with E-state index >= 15 is 0 Å². The lowest BCUT2D eigenvalue weighted by Crippen LogP contribution is -2.12. The summed E-state index contributed by atoms with van der Waals surface area (Å²) >= 11 is 6.02. The van der Waals surface area contributed by atoms with Gasteiger partial charge in [0.15, 0.2) is 0 Å². The minimum atomic E-state index is -0.0163. The van der Waals surface area contributed by atoms with Crippen LogP contribution in [0.1, 0.15) is 31.2 Å². The molecule has 2 rings (SSSR count). The van der Waals surface area contributed by atoms with Gasteiger partial charge in [0.25, 0.3) is 0 Å². The quantitative estimate of drug-likeness (QED) is 0.639. The fourth-order valence-corrected chi connectivity index (χ4v) is 2.47. The summed E-state index contributed by atoms with van der Waals surface area (Å²) in [6.07, 6.45) is 5.16. The highest BCUT2D eigenvalue weighted by atomic mass is 35.5.